The topological polar surface area (TPSA) is 84.5 Å². The van der Waals surface area contributed by atoms with Gasteiger partial charge in [0.1, 0.15) is 5.60 Å². The first kappa shape index (κ1) is 15.8. The lowest BCUT2D eigenvalue weighted by molar-refractivity contribution is -0.112. The van der Waals surface area contributed by atoms with Gasteiger partial charge in [-0.2, -0.15) is 0 Å². The Morgan fingerprint density at radius 1 is 1.32 bits per heavy atom. The van der Waals surface area contributed by atoms with Crippen molar-refractivity contribution >= 4 is 29.5 Å². The zero-order chi connectivity index (χ0) is 16.3. The van der Waals surface area contributed by atoms with Crippen molar-refractivity contribution in [2.75, 3.05) is 11.9 Å². The lowest BCUT2D eigenvalue weighted by Gasteiger charge is -2.19. The monoisotopic (exact) mass is 302 g/mol. The highest BCUT2D eigenvalue weighted by Gasteiger charge is 2.29. The van der Waals surface area contributed by atoms with Gasteiger partial charge < -0.3 is 15.4 Å². The predicted octanol–water partition coefficient (Wildman–Crippen LogP) is 2.36. The summed E-state index contributed by atoms with van der Waals surface area (Å²) in [5, 5.41) is 5.09. The van der Waals surface area contributed by atoms with Gasteiger partial charge >= 0.3 is 6.09 Å². The van der Waals surface area contributed by atoms with Crippen molar-refractivity contribution in [3.8, 4) is 0 Å². The van der Waals surface area contributed by atoms with E-state index in [0.717, 1.165) is 0 Å². The van der Waals surface area contributed by atoms with Crippen LogP contribution in [0, 0.1) is 0 Å². The number of benzene rings is 1. The quantitative estimate of drug-likeness (QED) is 0.839. The molecule has 2 rings (SSSR count). The van der Waals surface area contributed by atoms with Crippen LogP contribution in [0.3, 0.4) is 0 Å². The van der Waals surface area contributed by atoms with Crippen molar-refractivity contribution in [3.05, 3.63) is 35.4 Å². The van der Waals surface area contributed by atoms with E-state index in [1.807, 2.05) is 0 Å². The molecule has 1 aromatic rings. The van der Waals surface area contributed by atoms with Gasteiger partial charge in [0.2, 0.25) is 0 Å². The number of hydrogen-bond donors (Lipinski definition) is 2. The van der Waals surface area contributed by atoms with Crippen LogP contribution in [0.25, 0.3) is 6.08 Å². The predicted molar refractivity (Wildman–Crippen MR) is 82.7 cm³/mol. The normalized spacial score (nSPS) is 14.0. The Morgan fingerprint density at radius 3 is 2.73 bits per heavy atom. The highest BCUT2D eigenvalue weighted by Crippen LogP contribution is 2.26. The molecule has 2 N–H and O–H groups in total. The Morgan fingerprint density at radius 2 is 2.05 bits per heavy atom. The summed E-state index contributed by atoms with van der Waals surface area (Å²) in [5.74, 6) is -1.17. The second kappa shape index (κ2) is 6.01. The number of rotatable bonds is 3. The summed E-state index contributed by atoms with van der Waals surface area (Å²) in [6.45, 7) is 5.61. The maximum absolute atomic E-state index is 11.8. The van der Waals surface area contributed by atoms with E-state index >= 15 is 0 Å². The lowest BCUT2D eigenvalue weighted by Crippen LogP contribution is -2.32. The van der Waals surface area contributed by atoms with Crippen LogP contribution in [0.4, 0.5) is 10.5 Å². The van der Waals surface area contributed by atoms with E-state index in [-0.39, 0.29) is 6.54 Å². The van der Waals surface area contributed by atoms with Crippen molar-refractivity contribution in [3.63, 3.8) is 0 Å². The molecule has 0 spiro atoms. The lowest BCUT2D eigenvalue weighted by atomic mass is 10.0. The number of carbonyl (C=O) groups is 3. The number of ketones is 1. The maximum atomic E-state index is 11.8. The summed E-state index contributed by atoms with van der Waals surface area (Å²) in [7, 11) is 0. The summed E-state index contributed by atoms with van der Waals surface area (Å²) >= 11 is 0. The molecular weight excluding hydrogens is 284 g/mol. The van der Waals surface area contributed by atoms with Gasteiger partial charge in [-0.05, 0) is 32.4 Å². The molecule has 1 aromatic carbocycles. The third kappa shape index (κ3) is 3.72. The smallest absolute Gasteiger partial charge is 0.407 e. The number of amides is 2. The molecule has 22 heavy (non-hydrogen) atoms. The number of anilines is 1. The summed E-state index contributed by atoms with van der Waals surface area (Å²) in [4.78, 5) is 34.6. The third-order valence-corrected chi connectivity index (χ3v) is 2.84. The van der Waals surface area contributed by atoms with Crippen LogP contribution in [-0.2, 0) is 9.53 Å². The van der Waals surface area contributed by atoms with E-state index in [9.17, 15) is 14.4 Å². The largest absolute Gasteiger partial charge is 0.444 e. The molecule has 0 aliphatic carbocycles. The highest BCUT2D eigenvalue weighted by atomic mass is 16.6. The van der Waals surface area contributed by atoms with Gasteiger partial charge in [0.05, 0.1) is 11.3 Å². The van der Waals surface area contributed by atoms with Gasteiger partial charge in [0.25, 0.3) is 11.7 Å². The summed E-state index contributed by atoms with van der Waals surface area (Å²) in [5.41, 5.74) is 0.956. The molecule has 6 nitrogen and oxygen atoms in total. The van der Waals surface area contributed by atoms with E-state index in [4.69, 9.17) is 4.74 Å². The van der Waals surface area contributed by atoms with Gasteiger partial charge in [0.15, 0.2) is 0 Å². The van der Waals surface area contributed by atoms with Crippen LogP contribution in [0.2, 0.25) is 0 Å². The number of ether oxygens (including phenoxy) is 1. The minimum atomic E-state index is -0.622. The Bertz CT molecular complexity index is 657. The number of nitrogens with one attached hydrogen (secondary N) is 2. The fourth-order valence-electron chi connectivity index (χ4n) is 2.00. The van der Waals surface area contributed by atoms with Crippen molar-refractivity contribution in [1.29, 1.82) is 0 Å². The molecule has 116 valence electrons. The van der Waals surface area contributed by atoms with E-state index in [2.05, 4.69) is 10.6 Å². The molecule has 1 heterocycles. The number of hydrogen-bond acceptors (Lipinski definition) is 4. The van der Waals surface area contributed by atoms with Gasteiger partial charge in [-0.25, -0.2) is 4.79 Å². The SMILES string of the molecule is CC(C)(C)OC(=O)NCC=Cc1cccc2c1C(=O)C(=O)N2. The molecule has 0 unspecified atom stereocenters. The van der Waals surface area contributed by atoms with Crippen molar-refractivity contribution < 1.29 is 19.1 Å². The molecule has 1 aliphatic heterocycles. The molecule has 0 atom stereocenters. The fourth-order valence-corrected chi connectivity index (χ4v) is 2.00. The van der Waals surface area contributed by atoms with E-state index in [1.54, 1.807) is 51.1 Å². The molecule has 0 radical (unpaired) electrons. The Kier molecular flexibility index (Phi) is 4.30. The molecule has 1 aliphatic rings. The van der Waals surface area contributed by atoms with Gasteiger partial charge in [-0.1, -0.05) is 24.3 Å². The molecule has 0 fully saturated rings. The van der Waals surface area contributed by atoms with Gasteiger partial charge in [-0.3, -0.25) is 9.59 Å². The van der Waals surface area contributed by atoms with Crippen LogP contribution in [-0.4, -0.2) is 29.9 Å². The van der Waals surface area contributed by atoms with E-state index in [1.165, 1.54) is 0 Å². The molecule has 0 saturated heterocycles. The maximum Gasteiger partial charge on any atom is 0.407 e. The molecule has 2 amide bonds. The average molecular weight is 302 g/mol. The Balaban J connectivity index is 1.98. The minimum absolute atomic E-state index is 0.258. The van der Waals surface area contributed by atoms with Crippen LogP contribution in [0.5, 0.6) is 0 Å². The van der Waals surface area contributed by atoms with Crippen molar-refractivity contribution in [2.45, 2.75) is 26.4 Å². The van der Waals surface area contributed by atoms with E-state index < -0.39 is 23.4 Å². The molecular formula is C16H18N2O4. The third-order valence-electron chi connectivity index (χ3n) is 2.84. The minimum Gasteiger partial charge on any atom is -0.444 e. The first-order valence-corrected chi connectivity index (χ1v) is 6.90. The zero-order valence-electron chi connectivity index (χ0n) is 12.7. The van der Waals surface area contributed by atoms with Gasteiger partial charge in [-0.15, -0.1) is 0 Å². The number of fused-ring (bicyclic) bond motifs is 1. The standard InChI is InChI=1S/C16H18N2O4/c1-16(2,3)22-15(21)17-9-5-7-10-6-4-8-11-12(10)13(19)14(20)18-11/h4-8H,9H2,1-3H3,(H,17,21)(H,18,19,20). The van der Waals surface area contributed by atoms with Crippen LogP contribution in [0.15, 0.2) is 24.3 Å². The first-order chi connectivity index (χ1) is 10.3. The summed E-state index contributed by atoms with van der Waals surface area (Å²) in [6, 6.07) is 5.16. The second-order valence-corrected chi connectivity index (χ2v) is 5.84. The number of alkyl carbamates (subject to hydrolysis) is 1. The van der Waals surface area contributed by atoms with Gasteiger partial charge in [0, 0.05) is 6.54 Å². The second-order valence-electron chi connectivity index (χ2n) is 5.84. The summed E-state index contributed by atoms with van der Waals surface area (Å²) < 4.78 is 5.10. The molecule has 0 saturated carbocycles. The summed E-state index contributed by atoms with van der Waals surface area (Å²) in [6.07, 6.45) is 2.87. The fraction of sp³-hybridized carbons (Fsp3) is 0.312. The molecule has 0 aromatic heterocycles. The average Bonchev–Trinajstić information content (AvgIpc) is 2.69. The van der Waals surface area contributed by atoms with Crippen LogP contribution < -0.4 is 10.6 Å². The highest BCUT2D eigenvalue weighted by molar-refractivity contribution is 6.52. The first-order valence-electron chi connectivity index (χ1n) is 6.90. The molecule has 0 bridgehead atoms. The number of carbonyl (C=O) groups excluding carboxylic acids is 3. The number of Topliss-reactive ketones (excluding diaryl/α,β-unsaturated/α-hetero) is 1. The van der Waals surface area contributed by atoms with Crippen molar-refractivity contribution in [1.82, 2.24) is 5.32 Å². The van der Waals surface area contributed by atoms with Crippen LogP contribution in [0.1, 0.15) is 36.7 Å². The molecule has 6 heteroatoms. The Labute approximate surface area is 128 Å². The zero-order valence-corrected chi connectivity index (χ0v) is 12.7. The van der Waals surface area contributed by atoms with E-state index in [0.29, 0.717) is 16.8 Å². The van der Waals surface area contributed by atoms with Crippen molar-refractivity contribution in [2.24, 2.45) is 0 Å². The Hall–Kier alpha value is -2.63. The van der Waals surface area contributed by atoms with Crippen LogP contribution >= 0.6 is 0 Å².